The van der Waals surface area contributed by atoms with E-state index >= 15 is 0 Å². The quantitative estimate of drug-likeness (QED) is 0.513. The first kappa shape index (κ1) is 8.50. The van der Waals surface area contributed by atoms with Gasteiger partial charge in [-0.2, -0.15) is 0 Å². The third-order valence-electron chi connectivity index (χ3n) is 1.29. The van der Waals surface area contributed by atoms with Gasteiger partial charge in [0.1, 0.15) is 0 Å². The monoisotopic (exact) mass is 186 g/mol. The van der Waals surface area contributed by atoms with E-state index in [1.54, 1.807) is 13.0 Å². The molecule has 0 aliphatic rings. The molecule has 58 valence electrons. The number of hydrogen-bond acceptors (Lipinski definition) is 2. The maximum atomic E-state index is 10.8. The molecule has 0 aliphatic heterocycles. The molecule has 0 bridgehead atoms. The highest BCUT2D eigenvalue weighted by molar-refractivity contribution is 7.12. The molecule has 0 saturated heterocycles. The summed E-state index contributed by atoms with van der Waals surface area (Å²) in [5, 5.41) is 1.52. The fourth-order valence-electron chi connectivity index (χ4n) is 0.784. The third-order valence-corrected chi connectivity index (χ3v) is 2.39. The average Bonchev–Trinajstić information content (AvgIpc) is 2.40. The second-order valence-corrected chi connectivity index (χ2v) is 3.24. The lowest BCUT2D eigenvalue weighted by molar-refractivity contribution is -0.106. The Kier molecular flexibility index (Phi) is 2.85. The van der Waals surface area contributed by atoms with E-state index in [-0.39, 0.29) is 0 Å². The van der Waals surface area contributed by atoms with Crippen molar-refractivity contribution in [3.63, 3.8) is 0 Å². The Hall–Kier alpha value is -0.600. The molecule has 1 nitrogen and oxygen atoms in total. The van der Waals surface area contributed by atoms with Gasteiger partial charge in [0.15, 0.2) is 0 Å². The van der Waals surface area contributed by atoms with Crippen molar-refractivity contribution in [2.45, 2.75) is 6.92 Å². The van der Waals surface area contributed by atoms with Crippen LogP contribution in [0.5, 0.6) is 0 Å². The topological polar surface area (TPSA) is 17.1 Å². The van der Waals surface area contributed by atoms with Crippen LogP contribution < -0.4 is 0 Å². The first-order valence-corrected chi connectivity index (χ1v) is 4.41. The summed E-state index contributed by atoms with van der Waals surface area (Å²) in [6.07, 6.45) is 1.72. The summed E-state index contributed by atoms with van der Waals surface area (Å²) in [7, 11) is 0. The summed E-state index contributed by atoms with van der Waals surface area (Å²) in [5.41, 5.74) is 0.585. The molecule has 0 atom stereocenters. The van der Waals surface area contributed by atoms with E-state index in [4.69, 9.17) is 11.6 Å². The van der Waals surface area contributed by atoms with E-state index < -0.39 is 5.24 Å². The van der Waals surface area contributed by atoms with Crippen molar-refractivity contribution >= 4 is 33.8 Å². The van der Waals surface area contributed by atoms with Crippen molar-refractivity contribution in [3.05, 3.63) is 28.5 Å². The Morgan fingerprint density at radius 2 is 2.45 bits per heavy atom. The lowest BCUT2D eigenvalue weighted by atomic mass is 10.2. The Morgan fingerprint density at radius 1 is 1.73 bits per heavy atom. The molecular weight excluding hydrogens is 180 g/mol. The molecule has 0 saturated carbocycles. The van der Waals surface area contributed by atoms with Crippen LogP contribution in [0, 0.1) is 0 Å². The lowest BCUT2D eigenvalue weighted by Crippen LogP contribution is -1.88. The molecular formula is C8H7ClOS. The number of hydrogen-bond donors (Lipinski definition) is 0. The van der Waals surface area contributed by atoms with Gasteiger partial charge in [0.2, 0.25) is 0 Å². The van der Waals surface area contributed by atoms with Crippen LogP contribution in [0.15, 0.2) is 23.6 Å². The third kappa shape index (κ3) is 1.91. The van der Waals surface area contributed by atoms with Gasteiger partial charge in [-0.3, -0.25) is 4.79 Å². The van der Waals surface area contributed by atoms with Gasteiger partial charge >= 0.3 is 0 Å². The number of rotatable bonds is 2. The summed E-state index contributed by atoms with van der Waals surface area (Å²) in [6, 6.07) is 3.77. The fourth-order valence-corrected chi connectivity index (χ4v) is 1.85. The van der Waals surface area contributed by atoms with Crippen LogP contribution in [0.3, 0.4) is 0 Å². The first-order chi connectivity index (χ1) is 5.25. The van der Waals surface area contributed by atoms with Crippen LogP contribution in [0.25, 0.3) is 5.57 Å². The molecule has 0 N–H and O–H groups in total. The summed E-state index contributed by atoms with van der Waals surface area (Å²) in [4.78, 5) is 11.7. The molecule has 0 unspecified atom stereocenters. The molecule has 0 aromatic carbocycles. The zero-order valence-electron chi connectivity index (χ0n) is 6.00. The van der Waals surface area contributed by atoms with Gasteiger partial charge in [0.25, 0.3) is 5.24 Å². The highest BCUT2D eigenvalue weighted by atomic mass is 35.5. The predicted molar refractivity (Wildman–Crippen MR) is 48.8 cm³/mol. The van der Waals surface area contributed by atoms with Crippen molar-refractivity contribution in [2.75, 3.05) is 0 Å². The van der Waals surface area contributed by atoms with Crippen LogP contribution in [-0.4, -0.2) is 5.24 Å². The van der Waals surface area contributed by atoms with E-state index in [1.165, 1.54) is 11.3 Å². The van der Waals surface area contributed by atoms with E-state index in [0.29, 0.717) is 5.57 Å². The zero-order chi connectivity index (χ0) is 8.27. The standard InChI is InChI=1S/C8H7ClOS/c1-2-6(8(9)10)7-4-3-5-11-7/h2-5H,1H3/b6-2+. The molecule has 0 radical (unpaired) electrons. The normalized spacial score (nSPS) is 11.6. The SMILES string of the molecule is C/C=C(/C(=O)Cl)c1cccs1. The molecule has 0 aliphatic carbocycles. The van der Waals surface area contributed by atoms with Crippen LogP contribution >= 0.6 is 22.9 Å². The minimum absolute atomic E-state index is 0.394. The molecule has 1 aromatic rings. The van der Waals surface area contributed by atoms with Gasteiger partial charge in [0.05, 0.1) is 0 Å². The second kappa shape index (κ2) is 3.69. The van der Waals surface area contributed by atoms with Crippen molar-refractivity contribution in [1.29, 1.82) is 0 Å². The first-order valence-electron chi connectivity index (χ1n) is 3.15. The maximum Gasteiger partial charge on any atom is 0.253 e. The minimum Gasteiger partial charge on any atom is -0.276 e. The average molecular weight is 187 g/mol. The van der Waals surface area contributed by atoms with Crippen molar-refractivity contribution in [3.8, 4) is 0 Å². The number of carbonyl (C=O) groups is 1. The Balaban J connectivity index is 2.99. The highest BCUT2D eigenvalue weighted by Gasteiger charge is 2.07. The van der Waals surface area contributed by atoms with Crippen molar-refractivity contribution in [2.24, 2.45) is 0 Å². The molecule has 0 spiro atoms. The Bertz CT molecular complexity index is 274. The smallest absolute Gasteiger partial charge is 0.253 e. The van der Waals surface area contributed by atoms with E-state index in [1.807, 2.05) is 17.5 Å². The maximum absolute atomic E-state index is 10.8. The van der Waals surface area contributed by atoms with Gasteiger partial charge in [-0.25, -0.2) is 0 Å². The molecule has 1 heterocycles. The van der Waals surface area contributed by atoms with Crippen molar-refractivity contribution < 1.29 is 4.79 Å². The number of allylic oxidation sites excluding steroid dienone is 2. The zero-order valence-corrected chi connectivity index (χ0v) is 7.58. The summed E-state index contributed by atoms with van der Waals surface area (Å²) in [5.74, 6) is 0. The number of carbonyl (C=O) groups excluding carboxylic acids is 1. The minimum atomic E-state index is -0.394. The van der Waals surface area contributed by atoms with Gasteiger partial charge in [-0.1, -0.05) is 12.1 Å². The molecule has 1 aromatic heterocycles. The largest absolute Gasteiger partial charge is 0.276 e. The van der Waals surface area contributed by atoms with Crippen LogP contribution in [0.2, 0.25) is 0 Å². The highest BCUT2D eigenvalue weighted by Crippen LogP contribution is 2.21. The number of halogens is 1. The molecule has 0 fully saturated rings. The van der Waals surface area contributed by atoms with Crippen LogP contribution in [0.4, 0.5) is 0 Å². The van der Waals surface area contributed by atoms with Gasteiger partial charge < -0.3 is 0 Å². The van der Waals surface area contributed by atoms with E-state index in [0.717, 1.165) is 4.88 Å². The predicted octanol–water partition coefficient (Wildman–Crippen LogP) is 2.92. The van der Waals surface area contributed by atoms with E-state index in [2.05, 4.69) is 0 Å². The summed E-state index contributed by atoms with van der Waals surface area (Å²) in [6.45, 7) is 1.80. The van der Waals surface area contributed by atoms with Gasteiger partial charge in [0, 0.05) is 10.5 Å². The molecule has 11 heavy (non-hydrogen) atoms. The van der Waals surface area contributed by atoms with Gasteiger partial charge in [-0.15, -0.1) is 11.3 Å². The van der Waals surface area contributed by atoms with E-state index in [9.17, 15) is 4.79 Å². The fraction of sp³-hybridized carbons (Fsp3) is 0.125. The second-order valence-electron chi connectivity index (χ2n) is 1.95. The lowest BCUT2D eigenvalue weighted by Gasteiger charge is -1.94. The Labute approximate surface area is 74.3 Å². The summed E-state index contributed by atoms with van der Waals surface area (Å²) >= 11 is 6.85. The van der Waals surface area contributed by atoms with Gasteiger partial charge in [-0.05, 0) is 30.0 Å². The van der Waals surface area contributed by atoms with Crippen LogP contribution in [-0.2, 0) is 4.79 Å². The van der Waals surface area contributed by atoms with Crippen LogP contribution in [0.1, 0.15) is 11.8 Å². The number of thiophene rings is 1. The molecule has 3 heteroatoms. The molecule has 1 rings (SSSR count). The molecule has 0 amide bonds. The summed E-state index contributed by atoms with van der Waals surface area (Å²) < 4.78 is 0. The van der Waals surface area contributed by atoms with Crippen molar-refractivity contribution in [1.82, 2.24) is 0 Å². The Morgan fingerprint density at radius 3 is 2.82 bits per heavy atom.